The molecule has 3 aromatic rings. The SMILES string of the molecule is Cc1cccc(NC(=O)c2cnc(NCc3ccccc3)nc2)c1. The molecule has 2 aromatic carbocycles. The van der Waals surface area contributed by atoms with E-state index in [0.717, 1.165) is 16.8 Å². The maximum atomic E-state index is 12.2. The Hall–Kier alpha value is -3.21. The first-order valence-electron chi connectivity index (χ1n) is 7.68. The van der Waals surface area contributed by atoms with Crippen LogP contribution in [0.5, 0.6) is 0 Å². The summed E-state index contributed by atoms with van der Waals surface area (Å²) in [6, 6.07) is 17.6. The summed E-state index contributed by atoms with van der Waals surface area (Å²) in [6.07, 6.45) is 3.04. The Morgan fingerprint density at radius 3 is 2.46 bits per heavy atom. The Morgan fingerprint density at radius 1 is 1.00 bits per heavy atom. The van der Waals surface area contributed by atoms with Gasteiger partial charge >= 0.3 is 0 Å². The zero-order valence-electron chi connectivity index (χ0n) is 13.4. The fourth-order valence-electron chi connectivity index (χ4n) is 2.24. The smallest absolute Gasteiger partial charge is 0.258 e. The van der Waals surface area contributed by atoms with E-state index in [4.69, 9.17) is 0 Å². The second kappa shape index (κ2) is 7.37. The van der Waals surface area contributed by atoms with Crippen LogP contribution in [-0.4, -0.2) is 15.9 Å². The van der Waals surface area contributed by atoms with Gasteiger partial charge in [0.05, 0.1) is 5.56 Å². The van der Waals surface area contributed by atoms with Crippen LogP contribution in [0.15, 0.2) is 67.0 Å². The number of hydrogen-bond donors (Lipinski definition) is 2. The highest BCUT2D eigenvalue weighted by Crippen LogP contribution is 2.11. The number of anilines is 2. The molecule has 0 unspecified atom stereocenters. The molecule has 0 aliphatic carbocycles. The molecule has 120 valence electrons. The van der Waals surface area contributed by atoms with Crippen LogP contribution in [0.3, 0.4) is 0 Å². The maximum absolute atomic E-state index is 12.2. The van der Waals surface area contributed by atoms with Gasteiger partial charge in [-0.3, -0.25) is 4.79 Å². The Morgan fingerprint density at radius 2 is 1.75 bits per heavy atom. The zero-order valence-corrected chi connectivity index (χ0v) is 13.4. The van der Waals surface area contributed by atoms with Gasteiger partial charge in [0.2, 0.25) is 5.95 Å². The van der Waals surface area contributed by atoms with Gasteiger partial charge in [-0.1, -0.05) is 42.5 Å². The van der Waals surface area contributed by atoms with E-state index in [2.05, 4.69) is 20.6 Å². The highest BCUT2D eigenvalue weighted by atomic mass is 16.1. The molecule has 0 saturated carbocycles. The summed E-state index contributed by atoms with van der Waals surface area (Å²) in [5.74, 6) is 0.265. The molecule has 1 amide bonds. The minimum Gasteiger partial charge on any atom is -0.350 e. The Balaban J connectivity index is 1.60. The lowest BCUT2D eigenvalue weighted by molar-refractivity contribution is 0.102. The molecule has 0 radical (unpaired) electrons. The van der Waals surface area contributed by atoms with Crippen molar-refractivity contribution in [1.82, 2.24) is 9.97 Å². The lowest BCUT2D eigenvalue weighted by atomic mass is 10.2. The van der Waals surface area contributed by atoms with Crippen LogP contribution < -0.4 is 10.6 Å². The fraction of sp³-hybridized carbons (Fsp3) is 0.105. The van der Waals surface area contributed by atoms with Gasteiger partial charge in [0, 0.05) is 24.6 Å². The summed E-state index contributed by atoms with van der Waals surface area (Å²) in [7, 11) is 0. The third kappa shape index (κ3) is 4.16. The molecule has 0 bridgehead atoms. The summed E-state index contributed by atoms with van der Waals surface area (Å²) >= 11 is 0. The number of benzene rings is 2. The lowest BCUT2D eigenvalue weighted by Gasteiger charge is -2.07. The number of nitrogens with one attached hydrogen (secondary N) is 2. The first-order valence-corrected chi connectivity index (χ1v) is 7.68. The van der Waals surface area contributed by atoms with Crippen LogP contribution >= 0.6 is 0 Å². The van der Waals surface area contributed by atoms with E-state index in [1.807, 2.05) is 61.5 Å². The number of amides is 1. The molecule has 1 heterocycles. The lowest BCUT2D eigenvalue weighted by Crippen LogP contribution is -2.13. The summed E-state index contributed by atoms with van der Waals surface area (Å²) in [6.45, 7) is 2.61. The van der Waals surface area contributed by atoms with Crippen molar-refractivity contribution >= 4 is 17.5 Å². The highest BCUT2D eigenvalue weighted by Gasteiger charge is 2.07. The Labute approximate surface area is 140 Å². The van der Waals surface area contributed by atoms with Crippen molar-refractivity contribution in [2.75, 3.05) is 10.6 Å². The summed E-state index contributed by atoms with van der Waals surface area (Å²) in [4.78, 5) is 20.6. The molecule has 1 aromatic heterocycles. The summed E-state index contributed by atoms with van der Waals surface area (Å²) in [5, 5.41) is 5.97. The zero-order chi connectivity index (χ0) is 16.8. The van der Waals surface area contributed by atoms with Crippen molar-refractivity contribution in [2.45, 2.75) is 13.5 Å². The topological polar surface area (TPSA) is 66.9 Å². The number of hydrogen-bond acceptors (Lipinski definition) is 4. The normalized spacial score (nSPS) is 10.2. The van der Waals surface area contributed by atoms with Crippen molar-refractivity contribution in [2.24, 2.45) is 0 Å². The molecule has 24 heavy (non-hydrogen) atoms. The van der Waals surface area contributed by atoms with Crippen LogP contribution in [0, 0.1) is 6.92 Å². The van der Waals surface area contributed by atoms with Crippen LogP contribution in [-0.2, 0) is 6.54 Å². The van der Waals surface area contributed by atoms with Crippen molar-refractivity contribution in [3.05, 3.63) is 83.7 Å². The van der Waals surface area contributed by atoms with Crippen LogP contribution in [0.4, 0.5) is 11.6 Å². The van der Waals surface area contributed by atoms with Crippen molar-refractivity contribution in [3.8, 4) is 0 Å². The van der Waals surface area contributed by atoms with Gasteiger partial charge in [-0.25, -0.2) is 9.97 Å². The predicted octanol–water partition coefficient (Wildman–Crippen LogP) is 3.65. The molecule has 0 aliphatic heterocycles. The third-order valence-corrected chi connectivity index (χ3v) is 3.48. The minimum atomic E-state index is -0.227. The van der Waals surface area contributed by atoms with Crippen molar-refractivity contribution in [1.29, 1.82) is 0 Å². The Kier molecular flexibility index (Phi) is 4.81. The number of rotatable bonds is 5. The van der Waals surface area contributed by atoms with Gasteiger partial charge in [0.1, 0.15) is 0 Å². The second-order valence-electron chi connectivity index (χ2n) is 5.46. The first kappa shape index (κ1) is 15.7. The van der Waals surface area contributed by atoms with E-state index in [1.54, 1.807) is 0 Å². The standard InChI is InChI=1S/C19H18N4O/c1-14-6-5-9-17(10-14)23-18(24)16-12-21-19(22-13-16)20-11-15-7-3-2-4-8-15/h2-10,12-13H,11H2,1H3,(H,23,24)(H,20,21,22). The largest absolute Gasteiger partial charge is 0.350 e. The van der Waals surface area contributed by atoms with E-state index >= 15 is 0 Å². The first-order chi connectivity index (χ1) is 11.7. The number of carbonyl (C=O) groups is 1. The molecule has 5 nitrogen and oxygen atoms in total. The monoisotopic (exact) mass is 318 g/mol. The fourth-order valence-corrected chi connectivity index (χ4v) is 2.24. The average molecular weight is 318 g/mol. The molecule has 0 atom stereocenters. The van der Waals surface area contributed by atoms with Gasteiger partial charge in [-0.05, 0) is 30.2 Å². The molecule has 3 rings (SSSR count). The van der Waals surface area contributed by atoms with E-state index in [1.165, 1.54) is 12.4 Å². The van der Waals surface area contributed by atoms with Crippen molar-refractivity contribution in [3.63, 3.8) is 0 Å². The predicted molar refractivity (Wildman–Crippen MR) is 94.9 cm³/mol. The summed E-state index contributed by atoms with van der Waals surface area (Å²) < 4.78 is 0. The van der Waals surface area contributed by atoms with Gasteiger partial charge in [-0.2, -0.15) is 0 Å². The molecule has 0 spiro atoms. The quantitative estimate of drug-likeness (QED) is 0.753. The molecule has 0 aliphatic rings. The number of aromatic nitrogens is 2. The van der Waals surface area contributed by atoms with Crippen LogP contribution in [0.25, 0.3) is 0 Å². The van der Waals surface area contributed by atoms with Crippen LogP contribution in [0.2, 0.25) is 0 Å². The van der Waals surface area contributed by atoms with E-state index in [0.29, 0.717) is 18.1 Å². The number of aryl methyl sites for hydroxylation is 1. The van der Waals surface area contributed by atoms with Crippen molar-refractivity contribution < 1.29 is 4.79 Å². The van der Waals surface area contributed by atoms with E-state index in [9.17, 15) is 4.79 Å². The molecule has 5 heteroatoms. The number of nitrogens with zero attached hydrogens (tertiary/aromatic N) is 2. The maximum Gasteiger partial charge on any atom is 0.258 e. The average Bonchev–Trinajstić information content (AvgIpc) is 2.61. The molecule has 0 fully saturated rings. The highest BCUT2D eigenvalue weighted by molar-refractivity contribution is 6.03. The van der Waals surface area contributed by atoms with Crippen LogP contribution in [0.1, 0.15) is 21.5 Å². The molecular formula is C19H18N4O. The van der Waals surface area contributed by atoms with Gasteiger partial charge < -0.3 is 10.6 Å². The second-order valence-corrected chi connectivity index (χ2v) is 5.46. The van der Waals surface area contributed by atoms with E-state index in [-0.39, 0.29) is 5.91 Å². The molecule has 2 N–H and O–H groups in total. The van der Waals surface area contributed by atoms with Gasteiger partial charge in [0.15, 0.2) is 0 Å². The van der Waals surface area contributed by atoms with Gasteiger partial charge in [0.25, 0.3) is 5.91 Å². The molecular weight excluding hydrogens is 300 g/mol. The minimum absolute atomic E-state index is 0.227. The van der Waals surface area contributed by atoms with E-state index < -0.39 is 0 Å². The molecule has 0 saturated heterocycles. The third-order valence-electron chi connectivity index (χ3n) is 3.48. The Bertz CT molecular complexity index is 816. The summed E-state index contributed by atoms with van der Waals surface area (Å²) in [5.41, 5.74) is 3.40. The van der Waals surface area contributed by atoms with Gasteiger partial charge in [-0.15, -0.1) is 0 Å². The number of carbonyl (C=O) groups excluding carboxylic acids is 1.